The van der Waals surface area contributed by atoms with E-state index in [1.807, 2.05) is 18.2 Å². The van der Waals surface area contributed by atoms with E-state index in [-0.39, 0.29) is 5.41 Å². The van der Waals surface area contributed by atoms with E-state index in [4.69, 9.17) is 0 Å². The number of hydrogen-bond acceptors (Lipinski definition) is 4. The van der Waals surface area contributed by atoms with Crippen molar-refractivity contribution in [1.29, 1.82) is 0 Å². The van der Waals surface area contributed by atoms with Crippen molar-refractivity contribution in [3.63, 3.8) is 0 Å². The molecule has 0 radical (unpaired) electrons. The monoisotopic (exact) mass is 404 g/mol. The number of rotatable bonds is 4. The minimum atomic E-state index is -1.17. The molecule has 4 rings (SSSR count). The van der Waals surface area contributed by atoms with Gasteiger partial charge in [-0.3, -0.25) is 4.98 Å². The van der Waals surface area contributed by atoms with Gasteiger partial charge >= 0.3 is 0 Å². The van der Waals surface area contributed by atoms with E-state index in [2.05, 4.69) is 61.7 Å². The number of aromatic nitrogens is 1. The lowest BCUT2D eigenvalue weighted by Gasteiger charge is -2.55. The highest BCUT2D eigenvalue weighted by Crippen LogP contribution is 2.50. The van der Waals surface area contributed by atoms with Gasteiger partial charge in [0.05, 0.1) is 0 Å². The highest BCUT2D eigenvalue weighted by atomic mass is 16.3. The van der Waals surface area contributed by atoms with Crippen molar-refractivity contribution in [1.82, 2.24) is 9.88 Å². The van der Waals surface area contributed by atoms with E-state index in [0.717, 1.165) is 49.0 Å². The molecule has 30 heavy (non-hydrogen) atoms. The van der Waals surface area contributed by atoms with Gasteiger partial charge in [0.25, 0.3) is 0 Å². The van der Waals surface area contributed by atoms with Crippen LogP contribution in [0.15, 0.2) is 42.7 Å². The maximum Gasteiger partial charge on any atom is 0.125 e. The van der Waals surface area contributed by atoms with E-state index in [0.29, 0.717) is 5.92 Å². The quantitative estimate of drug-likeness (QED) is 0.764. The molecule has 0 bridgehead atoms. The lowest BCUT2D eigenvalue weighted by atomic mass is 9.62. The first-order valence-electron chi connectivity index (χ1n) is 10.9. The fourth-order valence-electron chi connectivity index (χ4n) is 4.88. The minimum absolute atomic E-state index is 0.332. The largest absolute Gasteiger partial charge is 0.380 e. The summed E-state index contributed by atoms with van der Waals surface area (Å²) in [5.74, 6) is 6.53. The summed E-state index contributed by atoms with van der Waals surface area (Å²) >= 11 is 0. The van der Waals surface area contributed by atoms with Gasteiger partial charge in [0, 0.05) is 42.0 Å². The third-order valence-electron chi connectivity index (χ3n) is 6.88. The Morgan fingerprint density at radius 3 is 2.30 bits per heavy atom. The highest BCUT2D eigenvalue weighted by Gasteiger charge is 2.55. The molecule has 0 amide bonds. The topological polar surface area (TPSA) is 56.6 Å². The second kappa shape index (κ2) is 7.50. The van der Waals surface area contributed by atoms with Gasteiger partial charge in [0.1, 0.15) is 11.2 Å². The van der Waals surface area contributed by atoms with Crippen LogP contribution in [0.5, 0.6) is 0 Å². The van der Waals surface area contributed by atoms with Crippen molar-refractivity contribution in [2.45, 2.75) is 57.2 Å². The van der Waals surface area contributed by atoms with Crippen molar-refractivity contribution in [3.8, 4) is 11.8 Å². The molecule has 2 fully saturated rings. The molecule has 2 aromatic rings. The van der Waals surface area contributed by atoms with Gasteiger partial charge in [-0.2, -0.15) is 0 Å². The molecule has 158 valence electrons. The maximum absolute atomic E-state index is 12.2. The third-order valence-corrected chi connectivity index (χ3v) is 6.88. The standard InChI is InChI=1S/C26H32N2O2/c1-19(2)21-6-8-22(9-7-21)26(30,24(3)17-28(4)18-24)23-14-20(15-27-16-23)10-13-25(29)11-5-12-25/h6-9,14-16,19,29-30H,5,11-12,17-18H2,1-4H3. The van der Waals surface area contributed by atoms with Gasteiger partial charge in [0.2, 0.25) is 0 Å². The summed E-state index contributed by atoms with van der Waals surface area (Å²) in [5.41, 5.74) is 1.25. The molecule has 1 unspecified atom stereocenters. The Hall–Kier alpha value is -2.19. The number of likely N-dealkylation sites (tertiary alicyclic amines) is 1. The summed E-state index contributed by atoms with van der Waals surface area (Å²) in [5, 5.41) is 22.5. The second-order valence-corrected chi connectivity index (χ2v) is 9.82. The van der Waals surface area contributed by atoms with Crippen LogP contribution in [-0.2, 0) is 5.60 Å². The van der Waals surface area contributed by atoms with Crippen LogP contribution in [0.4, 0.5) is 0 Å². The zero-order chi connectivity index (χ0) is 21.6. The molecule has 1 aromatic carbocycles. The summed E-state index contributed by atoms with van der Waals surface area (Å²) in [6.07, 6.45) is 5.92. The number of benzene rings is 1. The predicted molar refractivity (Wildman–Crippen MR) is 119 cm³/mol. The van der Waals surface area contributed by atoms with E-state index in [1.165, 1.54) is 5.56 Å². The van der Waals surface area contributed by atoms with Crippen molar-refractivity contribution in [3.05, 3.63) is 65.0 Å². The van der Waals surface area contributed by atoms with Crippen LogP contribution in [0.25, 0.3) is 0 Å². The number of aliphatic hydroxyl groups is 2. The van der Waals surface area contributed by atoms with E-state index in [9.17, 15) is 10.2 Å². The van der Waals surface area contributed by atoms with Crippen LogP contribution in [0.1, 0.15) is 68.2 Å². The molecule has 2 heterocycles. The summed E-state index contributed by atoms with van der Waals surface area (Å²) in [6.45, 7) is 8.08. The van der Waals surface area contributed by atoms with Crippen molar-refractivity contribution in [2.24, 2.45) is 5.41 Å². The summed E-state index contributed by atoms with van der Waals surface area (Å²) in [4.78, 5) is 6.62. The predicted octanol–water partition coefficient (Wildman–Crippen LogP) is 3.66. The summed E-state index contributed by atoms with van der Waals surface area (Å²) in [7, 11) is 2.07. The van der Waals surface area contributed by atoms with E-state index in [1.54, 1.807) is 12.4 Å². The zero-order valence-electron chi connectivity index (χ0n) is 18.4. The normalized spacial score (nSPS) is 21.7. The Labute approximate surface area is 180 Å². The molecule has 1 aliphatic heterocycles. The van der Waals surface area contributed by atoms with Gasteiger partial charge < -0.3 is 15.1 Å². The van der Waals surface area contributed by atoms with Gasteiger partial charge in [-0.15, -0.1) is 0 Å². The lowest BCUT2D eigenvalue weighted by Crippen LogP contribution is -2.63. The molecule has 1 aromatic heterocycles. The summed E-state index contributed by atoms with van der Waals surface area (Å²) in [6, 6.07) is 10.3. The SMILES string of the molecule is CC(C)c1ccc(C(O)(c2cncc(C#CC3(O)CCC3)c2)C2(C)CN(C)C2)cc1. The Balaban J connectivity index is 1.76. The first-order valence-corrected chi connectivity index (χ1v) is 10.9. The van der Waals surface area contributed by atoms with Crippen molar-refractivity contribution < 1.29 is 10.2 Å². The average molecular weight is 405 g/mol. The van der Waals surface area contributed by atoms with Crippen LogP contribution in [0.3, 0.4) is 0 Å². The Morgan fingerprint density at radius 1 is 1.10 bits per heavy atom. The number of nitrogens with zero attached hydrogens (tertiary/aromatic N) is 2. The molecule has 1 aliphatic carbocycles. The molecule has 1 atom stereocenters. The second-order valence-electron chi connectivity index (χ2n) is 9.82. The van der Waals surface area contributed by atoms with Crippen LogP contribution in [-0.4, -0.2) is 45.8 Å². The molecule has 0 spiro atoms. The Bertz CT molecular complexity index is 976. The Kier molecular flexibility index (Phi) is 5.26. The lowest BCUT2D eigenvalue weighted by molar-refractivity contribution is -0.127. The maximum atomic E-state index is 12.2. The first kappa shape index (κ1) is 21.1. The average Bonchev–Trinajstić information content (AvgIpc) is 2.69. The zero-order valence-corrected chi connectivity index (χ0v) is 18.4. The van der Waals surface area contributed by atoms with Crippen LogP contribution >= 0.6 is 0 Å². The first-order chi connectivity index (χ1) is 14.2. The van der Waals surface area contributed by atoms with Crippen LogP contribution in [0.2, 0.25) is 0 Å². The van der Waals surface area contributed by atoms with Gasteiger partial charge in [-0.05, 0) is 49.4 Å². The molecule has 1 saturated heterocycles. The molecular weight excluding hydrogens is 372 g/mol. The summed E-state index contributed by atoms with van der Waals surface area (Å²) < 4.78 is 0. The van der Waals surface area contributed by atoms with E-state index < -0.39 is 11.2 Å². The van der Waals surface area contributed by atoms with Crippen LogP contribution < -0.4 is 0 Å². The van der Waals surface area contributed by atoms with Crippen LogP contribution in [0, 0.1) is 17.3 Å². The highest BCUT2D eigenvalue weighted by molar-refractivity contribution is 5.45. The molecule has 4 heteroatoms. The Morgan fingerprint density at radius 2 is 1.77 bits per heavy atom. The van der Waals surface area contributed by atoms with Gasteiger partial charge in [-0.1, -0.05) is 56.9 Å². The molecule has 1 saturated carbocycles. The van der Waals surface area contributed by atoms with E-state index >= 15 is 0 Å². The van der Waals surface area contributed by atoms with Crippen molar-refractivity contribution >= 4 is 0 Å². The minimum Gasteiger partial charge on any atom is -0.380 e. The molecular formula is C26H32N2O2. The fraction of sp³-hybridized carbons (Fsp3) is 0.500. The van der Waals surface area contributed by atoms with Gasteiger partial charge in [0.15, 0.2) is 0 Å². The molecule has 2 N–H and O–H groups in total. The van der Waals surface area contributed by atoms with Gasteiger partial charge in [-0.25, -0.2) is 0 Å². The van der Waals surface area contributed by atoms with Crippen molar-refractivity contribution in [2.75, 3.05) is 20.1 Å². The molecule has 4 nitrogen and oxygen atoms in total. The fourth-order valence-corrected chi connectivity index (χ4v) is 4.88. The number of pyridine rings is 1. The number of hydrogen-bond donors (Lipinski definition) is 2. The molecule has 2 aliphatic rings. The smallest absolute Gasteiger partial charge is 0.125 e. The third kappa shape index (κ3) is 3.56.